The summed E-state index contributed by atoms with van der Waals surface area (Å²) in [6, 6.07) is 8.02. The number of esters is 1. The van der Waals surface area contributed by atoms with Gasteiger partial charge in [-0.1, -0.05) is 18.2 Å². The van der Waals surface area contributed by atoms with E-state index in [0.29, 0.717) is 0 Å². The molecule has 1 atom stereocenters. The third kappa shape index (κ3) is 3.47. The summed E-state index contributed by atoms with van der Waals surface area (Å²) >= 11 is 0. The number of hydrogen-bond donors (Lipinski definition) is 2. The van der Waals surface area contributed by atoms with Crippen LogP contribution in [0.3, 0.4) is 0 Å². The maximum absolute atomic E-state index is 11.3. The van der Waals surface area contributed by atoms with Crippen LogP contribution in [0.2, 0.25) is 0 Å². The highest BCUT2D eigenvalue weighted by Crippen LogP contribution is 2.41. The van der Waals surface area contributed by atoms with E-state index in [1.165, 1.54) is 12.1 Å². The van der Waals surface area contributed by atoms with Crippen molar-refractivity contribution in [1.82, 2.24) is 0 Å². The first-order valence-corrected chi connectivity index (χ1v) is 5.90. The van der Waals surface area contributed by atoms with E-state index >= 15 is 0 Å². The predicted molar refractivity (Wildman–Crippen MR) is 53.4 cm³/mol. The summed E-state index contributed by atoms with van der Waals surface area (Å²) in [5.74, 6) is -2.17. The second kappa shape index (κ2) is 4.57. The van der Waals surface area contributed by atoms with Gasteiger partial charge in [-0.2, -0.15) is 0 Å². The molecule has 0 radical (unpaired) electrons. The van der Waals surface area contributed by atoms with E-state index in [1.54, 1.807) is 18.2 Å². The van der Waals surface area contributed by atoms with E-state index in [2.05, 4.69) is 4.74 Å². The first-order valence-electron chi connectivity index (χ1n) is 4.22. The molecular formula is C9H11O5P. The summed E-state index contributed by atoms with van der Waals surface area (Å²) in [4.78, 5) is 28.8. The van der Waals surface area contributed by atoms with Crippen LogP contribution in [0.4, 0.5) is 0 Å². The van der Waals surface area contributed by atoms with E-state index in [-0.39, 0.29) is 5.56 Å². The molecule has 0 aliphatic carbocycles. The summed E-state index contributed by atoms with van der Waals surface area (Å²) in [7, 11) is -4.37. The van der Waals surface area contributed by atoms with Crippen LogP contribution in [0.15, 0.2) is 30.3 Å². The van der Waals surface area contributed by atoms with Gasteiger partial charge < -0.3 is 14.5 Å². The van der Waals surface area contributed by atoms with Crippen LogP contribution in [-0.4, -0.2) is 21.6 Å². The number of carbonyl (C=O) groups is 1. The molecule has 0 aliphatic rings. The van der Waals surface area contributed by atoms with Crippen molar-refractivity contribution in [2.45, 2.75) is 12.8 Å². The topological polar surface area (TPSA) is 83.8 Å². The summed E-state index contributed by atoms with van der Waals surface area (Å²) in [6.45, 7) is 1.15. The second-order valence-corrected chi connectivity index (χ2v) is 4.87. The SMILES string of the molecule is C[C@@H](OC(=O)c1ccccc1)P(=O)(O)O. The molecule has 2 N–H and O–H groups in total. The quantitative estimate of drug-likeness (QED) is 0.605. The first kappa shape index (κ1) is 11.9. The van der Waals surface area contributed by atoms with Crippen LogP contribution in [-0.2, 0) is 9.30 Å². The molecule has 0 spiro atoms. The third-order valence-corrected chi connectivity index (χ3v) is 2.81. The van der Waals surface area contributed by atoms with E-state index < -0.39 is 19.4 Å². The molecule has 0 amide bonds. The molecule has 82 valence electrons. The smallest absolute Gasteiger partial charge is 0.365 e. The Morgan fingerprint density at radius 1 is 1.33 bits per heavy atom. The Morgan fingerprint density at radius 2 is 1.87 bits per heavy atom. The zero-order valence-corrected chi connectivity index (χ0v) is 8.92. The van der Waals surface area contributed by atoms with Crippen molar-refractivity contribution < 1.29 is 23.9 Å². The average molecular weight is 230 g/mol. The normalized spacial score (nSPS) is 13.3. The molecule has 0 aliphatic heterocycles. The third-order valence-electron chi connectivity index (χ3n) is 1.76. The van der Waals surface area contributed by atoms with Crippen LogP contribution in [0, 0.1) is 0 Å². The predicted octanol–water partition coefficient (Wildman–Crippen LogP) is 1.37. The molecular weight excluding hydrogens is 219 g/mol. The molecule has 6 heteroatoms. The Labute approximate surface area is 86.9 Å². The van der Waals surface area contributed by atoms with Crippen LogP contribution >= 0.6 is 7.60 Å². The van der Waals surface area contributed by atoms with Crippen molar-refractivity contribution in [2.75, 3.05) is 0 Å². The number of hydrogen-bond acceptors (Lipinski definition) is 3. The fraction of sp³-hybridized carbons (Fsp3) is 0.222. The van der Waals surface area contributed by atoms with E-state index in [4.69, 9.17) is 9.79 Å². The lowest BCUT2D eigenvalue weighted by molar-refractivity contribution is 0.0429. The van der Waals surface area contributed by atoms with Gasteiger partial charge in [-0.3, -0.25) is 4.57 Å². The Bertz CT molecular complexity index is 383. The van der Waals surface area contributed by atoms with Crippen molar-refractivity contribution >= 4 is 13.6 Å². The zero-order chi connectivity index (χ0) is 11.5. The van der Waals surface area contributed by atoms with Gasteiger partial charge in [0.15, 0.2) is 5.85 Å². The molecule has 15 heavy (non-hydrogen) atoms. The number of benzene rings is 1. The van der Waals surface area contributed by atoms with Crippen molar-refractivity contribution in [3.63, 3.8) is 0 Å². The van der Waals surface area contributed by atoms with E-state index in [9.17, 15) is 9.36 Å². The summed E-state index contributed by atoms with van der Waals surface area (Å²) < 4.78 is 15.3. The van der Waals surface area contributed by atoms with Gasteiger partial charge in [0.1, 0.15) is 0 Å². The molecule has 0 saturated carbocycles. The molecule has 0 unspecified atom stereocenters. The molecule has 5 nitrogen and oxygen atoms in total. The summed E-state index contributed by atoms with van der Waals surface area (Å²) in [5, 5.41) is 0. The largest absolute Gasteiger partial charge is 0.446 e. The van der Waals surface area contributed by atoms with Crippen LogP contribution in [0.5, 0.6) is 0 Å². The highest BCUT2D eigenvalue weighted by molar-refractivity contribution is 7.52. The lowest BCUT2D eigenvalue weighted by atomic mass is 10.2. The Kier molecular flexibility index (Phi) is 3.63. The highest BCUT2D eigenvalue weighted by Gasteiger charge is 2.27. The van der Waals surface area contributed by atoms with Crippen LogP contribution in [0.1, 0.15) is 17.3 Å². The van der Waals surface area contributed by atoms with Crippen LogP contribution in [0.25, 0.3) is 0 Å². The molecule has 0 fully saturated rings. The molecule has 1 rings (SSSR count). The average Bonchev–Trinajstić information content (AvgIpc) is 2.17. The lowest BCUT2D eigenvalue weighted by Gasteiger charge is -2.14. The summed E-state index contributed by atoms with van der Waals surface area (Å²) in [6.07, 6.45) is 0. The van der Waals surface area contributed by atoms with Crippen LogP contribution < -0.4 is 0 Å². The minimum absolute atomic E-state index is 0.262. The van der Waals surface area contributed by atoms with Crippen molar-refractivity contribution in [3.8, 4) is 0 Å². The second-order valence-electron chi connectivity index (χ2n) is 2.96. The van der Waals surface area contributed by atoms with E-state index in [1.807, 2.05) is 0 Å². The standard InChI is InChI=1S/C9H11O5P/c1-7(15(11,12)13)14-9(10)8-5-3-2-4-6-8/h2-7H,1H3,(H2,11,12,13)/t7-/m0/s1. The van der Waals surface area contributed by atoms with E-state index in [0.717, 1.165) is 6.92 Å². The fourth-order valence-corrected chi connectivity index (χ4v) is 1.10. The molecule has 0 bridgehead atoms. The van der Waals surface area contributed by atoms with Gasteiger partial charge >= 0.3 is 13.6 Å². The highest BCUT2D eigenvalue weighted by atomic mass is 31.2. The Morgan fingerprint density at radius 3 is 2.33 bits per heavy atom. The van der Waals surface area contributed by atoms with Gasteiger partial charge in [0.25, 0.3) is 0 Å². The molecule has 1 aromatic carbocycles. The number of carbonyl (C=O) groups excluding carboxylic acids is 1. The molecule has 0 heterocycles. The fourth-order valence-electron chi connectivity index (χ4n) is 0.866. The number of ether oxygens (including phenoxy) is 1. The minimum Gasteiger partial charge on any atom is -0.446 e. The maximum atomic E-state index is 11.3. The van der Waals surface area contributed by atoms with Crippen molar-refractivity contribution in [1.29, 1.82) is 0 Å². The molecule has 1 aromatic rings. The van der Waals surface area contributed by atoms with Gasteiger partial charge in [-0.25, -0.2) is 4.79 Å². The first-order chi connectivity index (χ1) is 6.91. The zero-order valence-electron chi connectivity index (χ0n) is 8.03. The molecule has 0 saturated heterocycles. The van der Waals surface area contributed by atoms with Gasteiger partial charge in [0.2, 0.25) is 0 Å². The number of rotatable bonds is 3. The summed E-state index contributed by atoms with van der Waals surface area (Å²) in [5.41, 5.74) is 0.262. The van der Waals surface area contributed by atoms with Gasteiger partial charge in [-0.05, 0) is 19.1 Å². The lowest BCUT2D eigenvalue weighted by Crippen LogP contribution is -2.15. The molecule has 0 aromatic heterocycles. The Balaban J connectivity index is 2.69. The monoisotopic (exact) mass is 230 g/mol. The Hall–Kier alpha value is -1.16. The van der Waals surface area contributed by atoms with Gasteiger partial charge in [0.05, 0.1) is 5.56 Å². The van der Waals surface area contributed by atoms with Crippen molar-refractivity contribution in [2.24, 2.45) is 0 Å². The van der Waals surface area contributed by atoms with Gasteiger partial charge in [0, 0.05) is 0 Å². The van der Waals surface area contributed by atoms with Crippen molar-refractivity contribution in [3.05, 3.63) is 35.9 Å². The maximum Gasteiger partial charge on any atom is 0.365 e. The van der Waals surface area contributed by atoms with Gasteiger partial charge in [-0.15, -0.1) is 0 Å². The minimum atomic E-state index is -4.37.